The average molecular weight is 549 g/mol. The summed E-state index contributed by atoms with van der Waals surface area (Å²) in [4.78, 5) is 38.0. The van der Waals surface area contributed by atoms with Crippen molar-refractivity contribution in [3.05, 3.63) is 60.7 Å². The van der Waals surface area contributed by atoms with Crippen molar-refractivity contribution in [2.45, 2.75) is 44.6 Å². The summed E-state index contributed by atoms with van der Waals surface area (Å²) in [7, 11) is 0. The number of carboxylic acid groups (broad SMARTS) is 2. The first-order valence-electron chi connectivity index (χ1n) is 12.1. The van der Waals surface area contributed by atoms with Crippen LogP contribution in [0.15, 0.2) is 65.1 Å². The largest absolute Gasteiger partial charge is 1.00 e. The molecule has 192 valence electrons. The second-order valence-corrected chi connectivity index (χ2v) is 8.72. The quantitative estimate of drug-likeness (QED) is 0.133. The van der Waals surface area contributed by atoms with E-state index >= 15 is 0 Å². The number of nitrogens with zero attached hydrogens (tertiary/aromatic N) is 1. The van der Waals surface area contributed by atoms with Crippen LogP contribution in [-0.4, -0.2) is 35.5 Å². The number of unbranched alkanes of at least 4 members (excludes halogenated alkanes) is 2. The number of benzene rings is 3. The average Bonchev–Trinajstić information content (AvgIpc) is 3.32. The van der Waals surface area contributed by atoms with Crippen LogP contribution in [-0.2, 0) is 14.4 Å². The number of nitrogens with one attached hydrogen (secondary N) is 1. The Hall–Kier alpha value is -2.40. The zero-order chi connectivity index (χ0) is 26.2. The van der Waals surface area contributed by atoms with Crippen molar-refractivity contribution in [3.63, 3.8) is 0 Å². The van der Waals surface area contributed by atoms with E-state index < -0.39 is 30.3 Å². The fourth-order valence-corrected chi connectivity index (χ4v) is 3.97. The van der Waals surface area contributed by atoms with E-state index in [1.54, 1.807) is 0 Å². The standard InChI is InChI=1S/C28H28N2O7.2Na/c31-25(29-23(28(34)35)13-14-26(32)33)8-2-1-5-15-36-21-12-11-18-16-20(10-9-19(18)17-21)27-30-22-6-3-4-7-24(22)37-27;;/h3-4,6-7,9-12,16-17,23H,1-2,5,8,13-15H2,(H,29,31)(H,32,33)(H,34,35);;/q;2*+1/p-2. The van der Waals surface area contributed by atoms with Crippen LogP contribution in [0.25, 0.3) is 33.3 Å². The van der Waals surface area contributed by atoms with Crippen molar-refractivity contribution < 1.29 is 92.9 Å². The van der Waals surface area contributed by atoms with Crippen LogP contribution in [0, 0.1) is 0 Å². The maximum absolute atomic E-state index is 11.9. The molecule has 3 aromatic carbocycles. The third-order valence-electron chi connectivity index (χ3n) is 5.93. The van der Waals surface area contributed by atoms with E-state index in [1.807, 2.05) is 60.7 Å². The summed E-state index contributed by atoms with van der Waals surface area (Å²) in [5, 5.41) is 25.9. The van der Waals surface area contributed by atoms with E-state index in [0.29, 0.717) is 25.3 Å². The molecule has 1 aromatic heterocycles. The number of fused-ring (bicyclic) bond motifs is 2. The Balaban J connectivity index is 0.00000267. The molecule has 0 spiro atoms. The van der Waals surface area contributed by atoms with Crippen LogP contribution in [0.5, 0.6) is 5.75 Å². The molecule has 4 rings (SSSR count). The summed E-state index contributed by atoms with van der Waals surface area (Å²) < 4.78 is 11.7. The zero-order valence-corrected chi connectivity index (χ0v) is 26.1. The Labute approximate surface area is 269 Å². The minimum Gasteiger partial charge on any atom is -0.550 e. The molecular weight excluding hydrogens is 522 g/mol. The fourth-order valence-electron chi connectivity index (χ4n) is 3.97. The molecule has 4 aromatic rings. The summed E-state index contributed by atoms with van der Waals surface area (Å²) in [5.74, 6) is -2.04. The monoisotopic (exact) mass is 548 g/mol. The SMILES string of the molecule is O=C([O-])CCC(NC(=O)CCCCCOc1ccc2cc(-c3nc4ccccc4o3)ccc2c1)C(=O)[O-].[Na+].[Na+]. The van der Waals surface area contributed by atoms with E-state index in [0.717, 1.165) is 39.6 Å². The Bertz CT molecular complexity index is 1390. The molecule has 9 nitrogen and oxygen atoms in total. The van der Waals surface area contributed by atoms with Gasteiger partial charge in [-0.3, -0.25) is 4.79 Å². The summed E-state index contributed by atoms with van der Waals surface area (Å²) in [6.45, 7) is 0.474. The molecule has 1 amide bonds. The van der Waals surface area contributed by atoms with Crippen LogP contribution in [0.1, 0.15) is 38.5 Å². The minimum atomic E-state index is -1.51. The molecule has 1 heterocycles. The van der Waals surface area contributed by atoms with Crippen molar-refractivity contribution >= 4 is 39.7 Å². The van der Waals surface area contributed by atoms with Crippen LogP contribution in [0.4, 0.5) is 0 Å². The molecule has 0 aliphatic carbocycles. The van der Waals surface area contributed by atoms with E-state index in [4.69, 9.17) is 9.15 Å². The number of oxazole rings is 1. The first-order valence-corrected chi connectivity index (χ1v) is 12.1. The van der Waals surface area contributed by atoms with Gasteiger partial charge in [0.15, 0.2) is 5.58 Å². The zero-order valence-electron chi connectivity index (χ0n) is 22.1. The Morgan fingerprint density at radius 2 is 1.64 bits per heavy atom. The van der Waals surface area contributed by atoms with E-state index in [2.05, 4.69) is 10.3 Å². The normalized spacial score (nSPS) is 11.3. The Kier molecular flexibility index (Phi) is 13.5. The van der Waals surface area contributed by atoms with Gasteiger partial charge in [-0.15, -0.1) is 0 Å². The van der Waals surface area contributed by atoms with Gasteiger partial charge in [0.05, 0.1) is 18.6 Å². The van der Waals surface area contributed by atoms with Crippen molar-refractivity contribution in [2.75, 3.05) is 6.61 Å². The van der Waals surface area contributed by atoms with E-state index in [9.17, 15) is 24.6 Å². The molecule has 1 N–H and O–H groups in total. The molecule has 1 atom stereocenters. The molecule has 0 aliphatic heterocycles. The molecule has 0 fully saturated rings. The van der Waals surface area contributed by atoms with Gasteiger partial charge in [0.25, 0.3) is 0 Å². The molecule has 0 aliphatic rings. The van der Waals surface area contributed by atoms with Crippen LogP contribution >= 0.6 is 0 Å². The number of rotatable bonds is 13. The number of aliphatic carboxylic acids is 2. The Morgan fingerprint density at radius 1 is 0.897 bits per heavy atom. The number of carbonyl (C=O) groups excluding carboxylic acids is 3. The smallest absolute Gasteiger partial charge is 0.550 e. The van der Waals surface area contributed by atoms with Crippen molar-refractivity contribution in [1.29, 1.82) is 0 Å². The maximum Gasteiger partial charge on any atom is 1.00 e. The molecular formula is C28H26N2Na2O7. The molecule has 0 bridgehead atoms. The second-order valence-electron chi connectivity index (χ2n) is 8.72. The second kappa shape index (κ2) is 16.0. The van der Waals surface area contributed by atoms with Gasteiger partial charge in [0.1, 0.15) is 11.3 Å². The van der Waals surface area contributed by atoms with Gasteiger partial charge in [0.2, 0.25) is 11.8 Å². The molecule has 0 saturated heterocycles. The van der Waals surface area contributed by atoms with Gasteiger partial charge >= 0.3 is 59.1 Å². The number of carbonyl (C=O) groups is 3. The van der Waals surface area contributed by atoms with E-state index in [-0.39, 0.29) is 72.0 Å². The molecule has 0 radical (unpaired) electrons. The molecule has 11 heteroatoms. The van der Waals surface area contributed by atoms with Gasteiger partial charge in [-0.1, -0.05) is 24.3 Å². The first kappa shape index (κ1) is 32.8. The molecule has 39 heavy (non-hydrogen) atoms. The summed E-state index contributed by atoms with van der Waals surface area (Å²) >= 11 is 0. The van der Waals surface area contributed by atoms with Gasteiger partial charge in [-0.2, -0.15) is 0 Å². The topological polar surface area (TPSA) is 145 Å². The number of ether oxygens (including phenoxy) is 1. The molecule has 0 saturated carbocycles. The first-order chi connectivity index (χ1) is 17.9. The number of aromatic nitrogens is 1. The Morgan fingerprint density at radius 3 is 2.38 bits per heavy atom. The van der Waals surface area contributed by atoms with Crippen molar-refractivity contribution in [1.82, 2.24) is 10.3 Å². The third-order valence-corrected chi connectivity index (χ3v) is 5.93. The predicted octanol–water partition coefficient (Wildman–Crippen LogP) is -3.64. The number of carboxylic acids is 2. The molecule has 1 unspecified atom stereocenters. The van der Waals surface area contributed by atoms with Crippen molar-refractivity contribution in [2.24, 2.45) is 0 Å². The summed E-state index contributed by atoms with van der Waals surface area (Å²) in [5.41, 5.74) is 2.46. The number of hydrogen-bond acceptors (Lipinski definition) is 8. The van der Waals surface area contributed by atoms with Crippen LogP contribution < -0.4 is 79.4 Å². The number of hydrogen-bond donors (Lipinski definition) is 1. The predicted molar refractivity (Wildman–Crippen MR) is 132 cm³/mol. The minimum absolute atomic E-state index is 0. The van der Waals surface area contributed by atoms with Gasteiger partial charge in [-0.05, 0) is 79.3 Å². The van der Waals surface area contributed by atoms with Gasteiger partial charge in [-0.25, -0.2) is 4.98 Å². The number of para-hydroxylation sites is 2. The van der Waals surface area contributed by atoms with Crippen LogP contribution in [0.2, 0.25) is 0 Å². The third kappa shape index (κ3) is 9.63. The van der Waals surface area contributed by atoms with E-state index in [1.165, 1.54) is 0 Å². The summed E-state index contributed by atoms with van der Waals surface area (Å²) in [6.07, 6.45) is 1.37. The fraction of sp³-hybridized carbons (Fsp3) is 0.286. The maximum atomic E-state index is 11.9. The van der Waals surface area contributed by atoms with Crippen LogP contribution in [0.3, 0.4) is 0 Å². The number of amides is 1. The summed E-state index contributed by atoms with van der Waals surface area (Å²) in [6, 6.07) is 18.1. The van der Waals surface area contributed by atoms with Crippen molar-refractivity contribution in [3.8, 4) is 17.2 Å². The van der Waals surface area contributed by atoms with Gasteiger partial charge in [0, 0.05) is 18.0 Å². The van der Waals surface area contributed by atoms with Gasteiger partial charge < -0.3 is 34.3 Å².